The van der Waals surface area contributed by atoms with E-state index in [1.807, 2.05) is 19.2 Å². The number of methoxy groups -OCH3 is 2. The number of hydrogen-bond donors (Lipinski definition) is 4. The molecular weight excluding hydrogens is 538 g/mol. The van der Waals surface area contributed by atoms with E-state index in [1.165, 1.54) is 48.1 Å². The number of rotatable bonds is 13. The van der Waals surface area contributed by atoms with Gasteiger partial charge in [0.05, 0.1) is 14.2 Å². The number of likely N-dealkylation sites (N-methyl/N-ethyl adjacent to an activating group) is 1. The van der Waals surface area contributed by atoms with Crippen LogP contribution in [0.2, 0.25) is 0 Å². The molecule has 5 aromatic carbocycles. The van der Waals surface area contributed by atoms with Crippen molar-refractivity contribution in [3.05, 3.63) is 114 Å². The number of carbonyl (C=O) groups excluding carboxylic acids is 1. The van der Waals surface area contributed by atoms with Crippen LogP contribution in [0.5, 0.6) is 17.2 Å². The minimum atomic E-state index is -0.275. The molecule has 0 radical (unpaired) electrons. The molecule has 0 aromatic heterocycles. The molecule has 7 nitrogen and oxygen atoms in total. The largest absolute Gasteiger partial charge is 0.502 e. The maximum absolute atomic E-state index is 13.6. The SMILES string of the molecule is CNC[C@@H](Cc1ccc2ccccc2c1)NC[C@@H](Cc1cccc2ccccc12)NC(=O)c1cc(OC)c(O)c(OC)c1. The lowest BCUT2D eigenvalue weighted by molar-refractivity contribution is 0.0935. The zero-order valence-electron chi connectivity index (χ0n) is 24.9. The van der Waals surface area contributed by atoms with Gasteiger partial charge in [0.25, 0.3) is 5.91 Å². The van der Waals surface area contributed by atoms with Gasteiger partial charge >= 0.3 is 0 Å². The Morgan fingerprint density at radius 1 is 0.744 bits per heavy atom. The maximum atomic E-state index is 13.6. The van der Waals surface area contributed by atoms with E-state index in [0.717, 1.165) is 23.9 Å². The Bertz CT molecular complexity index is 1670. The summed E-state index contributed by atoms with van der Waals surface area (Å²) in [5.41, 5.74) is 2.76. The number of fused-ring (bicyclic) bond motifs is 2. The van der Waals surface area contributed by atoms with Gasteiger partial charge < -0.3 is 30.5 Å². The lowest BCUT2D eigenvalue weighted by Gasteiger charge is -2.25. The Morgan fingerprint density at radius 3 is 2.14 bits per heavy atom. The van der Waals surface area contributed by atoms with Crippen LogP contribution in [0.3, 0.4) is 0 Å². The van der Waals surface area contributed by atoms with Crippen molar-refractivity contribution in [3.63, 3.8) is 0 Å². The second-order valence-electron chi connectivity index (χ2n) is 10.8. The number of benzene rings is 5. The van der Waals surface area contributed by atoms with Gasteiger partial charge in [0.15, 0.2) is 11.5 Å². The first-order valence-corrected chi connectivity index (χ1v) is 14.6. The first-order chi connectivity index (χ1) is 21.0. The lowest BCUT2D eigenvalue weighted by Crippen LogP contribution is -2.48. The molecular formula is C36H39N3O4. The minimum absolute atomic E-state index is 0.140. The molecule has 1 amide bonds. The molecule has 0 spiro atoms. The van der Waals surface area contributed by atoms with E-state index in [4.69, 9.17) is 9.47 Å². The fourth-order valence-corrected chi connectivity index (χ4v) is 5.63. The summed E-state index contributed by atoms with van der Waals surface area (Å²) in [5, 5.41) is 25.4. The summed E-state index contributed by atoms with van der Waals surface area (Å²) in [7, 11) is 4.84. The summed E-state index contributed by atoms with van der Waals surface area (Å²) in [4.78, 5) is 13.6. The third-order valence-corrected chi connectivity index (χ3v) is 7.82. The summed E-state index contributed by atoms with van der Waals surface area (Å²) in [6.45, 7) is 1.33. The summed E-state index contributed by atoms with van der Waals surface area (Å²) in [6, 6.07) is 32.6. The standard InChI is InChI=1S/C36H39N3O4/c1-37-22-30(18-24-15-16-25-9-4-5-11-27(25)17-24)38-23-31(19-28-13-8-12-26-10-6-7-14-32(26)28)39-36(41)29-20-33(42-2)35(40)34(21-29)43-3/h4-17,20-21,30-31,37-38,40H,18-19,22-23H2,1-3H3,(H,39,41)/t30-,31-/m1/s1. The average molecular weight is 578 g/mol. The zero-order valence-corrected chi connectivity index (χ0v) is 24.9. The van der Waals surface area contributed by atoms with Crippen LogP contribution in [0.25, 0.3) is 21.5 Å². The van der Waals surface area contributed by atoms with E-state index in [2.05, 4.69) is 88.7 Å². The van der Waals surface area contributed by atoms with E-state index in [-0.39, 0.29) is 35.2 Å². The van der Waals surface area contributed by atoms with Crippen LogP contribution in [-0.4, -0.2) is 57.5 Å². The summed E-state index contributed by atoms with van der Waals surface area (Å²) >= 11 is 0. The first-order valence-electron chi connectivity index (χ1n) is 14.6. The van der Waals surface area contributed by atoms with E-state index in [1.54, 1.807) is 0 Å². The van der Waals surface area contributed by atoms with Gasteiger partial charge in [0, 0.05) is 30.7 Å². The van der Waals surface area contributed by atoms with Gasteiger partial charge in [0.2, 0.25) is 5.75 Å². The number of nitrogens with one attached hydrogen (secondary N) is 3. The van der Waals surface area contributed by atoms with Crippen molar-refractivity contribution >= 4 is 27.5 Å². The number of hydrogen-bond acceptors (Lipinski definition) is 6. The van der Waals surface area contributed by atoms with Crippen LogP contribution in [0.15, 0.2) is 97.1 Å². The second-order valence-corrected chi connectivity index (χ2v) is 10.8. The van der Waals surface area contributed by atoms with Crippen molar-refractivity contribution in [2.75, 3.05) is 34.4 Å². The Kier molecular flexibility index (Phi) is 9.77. The smallest absolute Gasteiger partial charge is 0.251 e. The zero-order chi connectivity index (χ0) is 30.2. The Balaban J connectivity index is 1.38. The van der Waals surface area contributed by atoms with Crippen molar-refractivity contribution in [3.8, 4) is 17.2 Å². The molecule has 4 N–H and O–H groups in total. The molecule has 0 saturated heterocycles. The molecule has 2 atom stereocenters. The van der Waals surface area contributed by atoms with Crippen LogP contribution in [-0.2, 0) is 12.8 Å². The highest BCUT2D eigenvalue weighted by molar-refractivity contribution is 5.96. The molecule has 0 aliphatic heterocycles. The highest BCUT2D eigenvalue weighted by atomic mass is 16.5. The van der Waals surface area contributed by atoms with Crippen molar-refractivity contribution < 1.29 is 19.4 Å². The third kappa shape index (κ3) is 7.25. The molecule has 0 saturated carbocycles. The highest BCUT2D eigenvalue weighted by Gasteiger charge is 2.21. The van der Waals surface area contributed by atoms with Crippen molar-refractivity contribution in [1.82, 2.24) is 16.0 Å². The normalized spacial score (nSPS) is 12.6. The van der Waals surface area contributed by atoms with Gasteiger partial charge in [0.1, 0.15) is 0 Å². The van der Waals surface area contributed by atoms with E-state index < -0.39 is 0 Å². The van der Waals surface area contributed by atoms with Gasteiger partial charge in [-0.05, 0) is 64.7 Å². The second kappa shape index (κ2) is 14.1. The fourth-order valence-electron chi connectivity index (χ4n) is 5.63. The predicted molar refractivity (Wildman–Crippen MR) is 173 cm³/mol. The maximum Gasteiger partial charge on any atom is 0.251 e. The molecule has 43 heavy (non-hydrogen) atoms. The minimum Gasteiger partial charge on any atom is -0.502 e. The van der Waals surface area contributed by atoms with Crippen molar-refractivity contribution in [1.29, 1.82) is 0 Å². The van der Waals surface area contributed by atoms with E-state index in [9.17, 15) is 9.90 Å². The molecule has 7 heteroatoms. The monoisotopic (exact) mass is 577 g/mol. The molecule has 0 aliphatic rings. The van der Waals surface area contributed by atoms with Gasteiger partial charge in [-0.3, -0.25) is 4.79 Å². The summed E-state index contributed by atoms with van der Waals surface area (Å²) in [6.07, 6.45) is 1.47. The molecule has 0 unspecified atom stereocenters. The predicted octanol–water partition coefficient (Wildman–Crippen LogP) is 5.48. The lowest BCUT2D eigenvalue weighted by atomic mass is 9.97. The topological polar surface area (TPSA) is 91.9 Å². The quantitative estimate of drug-likeness (QED) is 0.148. The number of phenols is 1. The molecule has 0 fully saturated rings. The summed E-state index contributed by atoms with van der Waals surface area (Å²) < 4.78 is 10.6. The molecule has 222 valence electrons. The van der Waals surface area contributed by atoms with Crippen molar-refractivity contribution in [2.45, 2.75) is 24.9 Å². The van der Waals surface area contributed by atoms with Crippen molar-refractivity contribution in [2.24, 2.45) is 0 Å². The molecule has 0 aliphatic carbocycles. The Hall–Kier alpha value is -4.59. The molecule has 5 rings (SSSR count). The van der Waals surface area contributed by atoms with Crippen LogP contribution < -0.4 is 25.4 Å². The van der Waals surface area contributed by atoms with Crippen LogP contribution in [0.4, 0.5) is 0 Å². The van der Waals surface area contributed by atoms with Gasteiger partial charge in [-0.15, -0.1) is 0 Å². The first kappa shape index (κ1) is 29.9. The van der Waals surface area contributed by atoms with E-state index in [0.29, 0.717) is 18.5 Å². The number of carbonyl (C=O) groups is 1. The highest BCUT2D eigenvalue weighted by Crippen LogP contribution is 2.37. The van der Waals surface area contributed by atoms with Crippen LogP contribution in [0, 0.1) is 0 Å². The number of amides is 1. The van der Waals surface area contributed by atoms with E-state index >= 15 is 0 Å². The Labute approximate surface area is 252 Å². The summed E-state index contributed by atoms with van der Waals surface area (Å²) in [5.74, 6) is -0.0575. The van der Waals surface area contributed by atoms with Gasteiger partial charge in [-0.2, -0.15) is 0 Å². The fraction of sp³-hybridized carbons (Fsp3) is 0.250. The molecule has 0 bridgehead atoms. The number of aromatic hydroxyl groups is 1. The Morgan fingerprint density at radius 2 is 1.42 bits per heavy atom. The number of phenolic OH excluding ortho intramolecular Hbond substituents is 1. The van der Waals surface area contributed by atoms with Crippen LogP contribution >= 0.6 is 0 Å². The molecule has 0 heterocycles. The number of ether oxygens (including phenoxy) is 2. The average Bonchev–Trinajstić information content (AvgIpc) is 3.03. The third-order valence-electron chi connectivity index (χ3n) is 7.82. The van der Waals surface area contributed by atoms with Gasteiger partial charge in [-0.1, -0.05) is 84.9 Å². The van der Waals surface area contributed by atoms with Crippen LogP contribution in [0.1, 0.15) is 21.5 Å². The molecule has 5 aromatic rings. The van der Waals surface area contributed by atoms with Gasteiger partial charge in [-0.25, -0.2) is 0 Å².